The van der Waals surface area contributed by atoms with E-state index in [1.807, 2.05) is 20.2 Å². The zero-order valence-electron chi connectivity index (χ0n) is 12.0. The predicted octanol–water partition coefficient (Wildman–Crippen LogP) is 1.41. The van der Waals surface area contributed by atoms with Gasteiger partial charge in [-0.3, -0.25) is 14.7 Å². The summed E-state index contributed by atoms with van der Waals surface area (Å²) in [6.07, 6.45) is 6.12. The van der Waals surface area contributed by atoms with Crippen LogP contribution in [0.5, 0.6) is 0 Å². The Morgan fingerprint density at radius 3 is 2.90 bits per heavy atom. The Morgan fingerprint density at radius 1 is 1.55 bits per heavy atom. The summed E-state index contributed by atoms with van der Waals surface area (Å²) in [6.45, 7) is 4.58. The Balaban J connectivity index is 2.83. The van der Waals surface area contributed by atoms with Gasteiger partial charge in [0, 0.05) is 49.7 Å². The van der Waals surface area contributed by atoms with Gasteiger partial charge in [0.15, 0.2) is 6.29 Å². The summed E-state index contributed by atoms with van der Waals surface area (Å²) in [4.78, 5) is 27.6. The number of nitrogens with one attached hydrogen (secondary N) is 1. The number of hydrogen-bond acceptors (Lipinski definition) is 5. The van der Waals surface area contributed by atoms with Crippen molar-refractivity contribution in [2.75, 3.05) is 14.1 Å². The second-order valence-corrected chi connectivity index (χ2v) is 4.64. The number of hydrogen-bond donors (Lipinski definition) is 1. The van der Waals surface area contributed by atoms with Crippen LogP contribution in [0.4, 0.5) is 0 Å². The number of rotatable bonds is 9. The van der Waals surface area contributed by atoms with Gasteiger partial charge in [0.25, 0.3) is 0 Å². The minimum absolute atomic E-state index is 0.0397. The number of carbonyl (C=O) groups excluding carboxylic acids is 2. The van der Waals surface area contributed by atoms with Crippen LogP contribution in [0.2, 0.25) is 0 Å². The molecule has 0 aromatic carbocycles. The van der Waals surface area contributed by atoms with E-state index in [4.69, 9.17) is 0 Å². The van der Waals surface area contributed by atoms with E-state index in [0.29, 0.717) is 24.9 Å². The molecular weight excluding hydrogens is 254 g/mol. The maximum absolute atomic E-state index is 11.0. The van der Waals surface area contributed by atoms with Crippen molar-refractivity contribution < 1.29 is 9.59 Å². The van der Waals surface area contributed by atoms with Gasteiger partial charge in [-0.1, -0.05) is 6.58 Å². The molecule has 0 aliphatic heterocycles. The molecule has 108 valence electrons. The zero-order valence-corrected chi connectivity index (χ0v) is 12.0. The molecular formula is C15H21N3O2. The molecule has 0 saturated carbocycles. The predicted molar refractivity (Wildman–Crippen MR) is 78.4 cm³/mol. The second-order valence-electron chi connectivity index (χ2n) is 4.64. The average molecular weight is 275 g/mol. The molecule has 1 heterocycles. The van der Waals surface area contributed by atoms with Crippen LogP contribution >= 0.6 is 0 Å². The monoisotopic (exact) mass is 275 g/mol. The number of carbonyl (C=O) groups is 2. The van der Waals surface area contributed by atoms with E-state index in [9.17, 15) is 9.59 Å². The summed E-state index contributed by atoms with van der Waals surface area (Å²) < 4.78 is 0. The minimum atomic E-state index is 0.0397. The van der Waals surface area contributed by atoms with Crippen LogP contribution in [0.25, 0.3) is 0 Å². The fourth-order valence-corrected chi connectivity index (χ4v) is 2.12. The third-order valence-electron chi connectivity index (χ3n) is 3.31. The van der Waals surface area contributed by atoms with Gasteiger partial charge >= 0.3 is 0 Å². The molecule has 5 heteroatoms. The van der Waals surface area contributed by atoms with E-state index in [1.165, 1.54) is 0 Å². The van der Waals surface area contributed by atoms with E-state index in [2.05, 4.69) is 21.8 Å². The van der Waals surface area contributed by atoms with Crippen LogP contribution in [0.1, 0.15) is 28.8 Å². The molecule has 1 unspecified atom stereocenters. The average Bonchev–Trinajstić information content (AvgIpc) is 2.47. The van der Waals surface area contributed by atoms with Crippen molar-refractivity contribution in [1.29, 1.82) is 0 Å². The van der Waals surface area contributed by atoms with Crippen LogP contribution in [0.15, 0.2) is 30.7 Å². The number of nitrogens with zero attached hydrogens (tertiary/aromatic N) is 2. The van der Waals surface area contributed by atoms with E-state index in [-0.39, 0.29) is 6.04 Å². The first-order chi connectivity index (χ1) is 9.63. The molecule has 1 rings (SSSR count). The molecule has 0 radical (unpaired) electrons. The summed E-state index contributed by atoms with van der Waals surface area (Å²) in [6, 6.07) is 1.87. The lowest BCUT2D eigenvalue weighted by Gasteiger charge is -2.29. The molecule has 0 fully saturated rings. The molecule has 1 N–H and O–H groups in total. The van der Waals surface area contributed by atoms with Gasteiger partial charge in [0.2, 0.25) is 0 Å². The number of aldehydes is 2. The van der Waals surface area contributed by atoms with E-state index in [0.717, 1.165) is 23.8 Å². The van der Waals surface area contributed by atoms with Gasteiger partial charge in [-0.05, 0) is 25.1 Å². The zero-order chi connectivity index (χ0) is 15.0. The van der Waals surface area contributed by atoms with Crippen LogP contribution in [0, 0.1) is 0 Å². The molecule has 0 bridgehead atoms. The Hall–Kier alpha value is -2.01. The quantitative estimate of drug-likeness (QED) is 0.690. The third kappa shape index (κ3) is 4.28. The normalized spacial score (nSPS) is 11.9. The first-order valence-corrected chi connectivity index (χ1v) is 6.52. The number of aromatic nitrogens is 1. The van der Waals surface area contributed by atoms with Crippen molar-refractivity contribution in [2.45, 2.75) is 25.4 Å². The third-order valence-corrected chi connectivity index (χ3v) is 3.31. The van der Waals surface area contributed by atoms with Crippen LogP contribution in [0.3, 0.4) is 0 Å². The maximum Gasteiger partial charge on any atom is 0.151 e. The largest absolute Gasteiger partial charge is 0.391 e. The topological polar surface area (TPSA) is 62.3 Å². The van der Waals surface area contributed by atoms with Gasteiger partial charge in [-0.15, -0.1) is 0 Å². The van der Waals surface area contributed by atoms with Crippen molar-refractivity contribution in [3.8, 4) is 0 Å². The molecule has 0 aliphatic carbocycles. The highest BCUT2D eigenvalue weighted by atomic mass is 16.1. The minimum Gasteiger partial charge on any atom is -0.391 e. The molecule has 0 spiro atoms. The SMILES string of the molecule is C=C(NC)C(CCC=O)N(C)Cc1ccncc1C=O. The molecule has 0 amide bonds. The summed E-state index contributed by atoms with van der Waals surface area (Å²) in [7, 11) is 3.76. The second kappa shape index (κ2) is 8.22. The highest BCUT2D eigenvalue weighted by Crippen LogP contribution is 2.15. The fourth-order valence-electron chi connectivity index (χ4n) is 2.12. The first kappa shape index (κ1) is 16.0. The van der Waals surface area contributed by atoms with E-state index in [1.54, 1.807) is 12.4 Å². The number of pyridine rings is 1. The fraction of sp³-hybridized carbons (Fsp3) is 0.400. The summed E-state index contributed by atoms with van der Waals surface area (Å²) >= 11 is 0. The van der Waals surface area contributed by atoms with Crippen LogP contribution in [-0.4, -0.2) is 42.6 Å². The van der Waals surface area contributed by atoms with Crippen LogP contribution < -0.4 is 5.32 Å². The molecule has 0 saturated heterocycles. The lowest BCUT2D eigenvalue weighted by atomic mass is 10.1. The molecule has 1 aromatic rings. The summed E-state index contributed by atoms with van der Waals surface area (Å²) in [5, 5.41) is 3.04. The van der Waals surface area contributed by atoms with Crippen LogP contribution in [-0.2, 0) is 11.3 Å². The van der Waals surface area contributed by atoms with Gasteiger partial charge in [0.05, 0.1) is 0 Å². The van der Waals surface area contributed by atoms with Gasteiger partial charge in [-0.25, -0.2) is 0 Å². The van der Waals surface area contributed by atoms with Crippen molar-refractivity contribution in [3.63, 3.8) is 0 Å². The summed E-state index contributed by atoms with van der Waals surface area (Å²) in [5.41, 5.74) is 2.36. The lowest BCUT2D eigenvalue weighted by molar-refractivity contribution is -0.108. The van der Waals surface area contributed by atoms with Gasteiger partial charge in [-0.2, -0.15) is 0 Å². The Bertz CT molecular complexity index is 474. The first-order valence-electron chi connectivity index (χ1n) is 6.52. The Labute approximate surface area is 119 Å². The van der Waals surface area contributed by atoms with E-state index < -0.39 is 0 Å². The van der Waals surface area contributed by atoms with Crippen molar-refractivity contribution in [3.05, 3.63) is 41.9 Å². The summed E-state index contributed by atoms with van der Waals surface area (Å²) in [5.74, 6) is 0. The smallest absolute Gasteiger partial charge is 0.151 e. The maximum atomic E-state index is 11.0. The Kier molecular flexibility index (Phi) is 6.59. The molecule has 0 aliphatic rings. The lowest BCUT2D eigenvalue weighted by Crippen LogP contribution is -2.36. The highest BCUT2D eigenvalue weighted by molar-refractivity contribution is 5.76. The van der Waals surface area contributed by atoms with Crippen molar-refractivity contribution in [2.24, 2.45) is 0 Å². The Morgan fingerprint density at radius 2 is 2.30 bits per heavy atom. The van der Waals surface area contributed by atoms with Gasteiger partial charge < -0.3 is 10.1 Å². The van der Waals surface area contributed by atoms with E-state index >= 15 is 0 Å². The number of likely N-dealkylation sites (N-methyl/N-ethyl adjacent to an activating group) is 2. The molecule has 20 heavy (non-hydrogen) atoms. The molecule has 5 nitrogen and oxygen atoms in total. The van der Waals surface area contributed by atoms with Gasteiger partial charge in [0.1, 0.15) is 6.29 Å². The van der Waals surface area contributed by atoms with Crippen molar-refractivity contribution >= 4 is 12.6 Å². The highest BCUT2D eigenvalue weighted by Gasteiger charge is 2.18. The van der Waals surface area contributed by atoms with Crippen molar-refractivity contribution in [1.82, 2.24) is 15.2 Å². The molecule has 1 aromatic heterocycles. The standard InChI is InChI=1S/C15H21N3O2/c1-12(16-2)15(5-4-8-19)18(3)10-13-6-7-17-9-14(13)11-20/h6-9,11,15-16H,1,4-5,10H2,2-3H3. The molecule has 1 atom stereocenters.